The molecular formula is C15H10BrF4NO2. The Morgan fingerprint density at radius 1 is 1.09 bits per heavy atom. The van der Waals surface area contributed by atoms with Crippen LogP contribution in [0.1, 0.15) is 6.92 Å². The largest absolute Gasteiger partial charge is 0.478 e. The molecule has 2 rings (SSSR count). The summed E-state index contributed by atoms with van der Waals surface area (Å²) in [6, 6.07) is 5.51. The monoisotopic (exact) mass is 391 g/mol. The van der Waals surface area contributed by atoms with E-state index in [4.69, 9.17) is 4.74 Å². The lowest BCUT2D eigenvalue weighted by Crippen LogP contribution is -2.30. The number of hydrogen-bond acceptors (Lipinski definition) is 2. The van der Waals surface area contributed by atoms with Gasteiger partial charge in [0.05, 0.1) is 5.69 Å². The molecule has 2 aromatic rings. The summed E-state index contributed by atoms with van der Waals surface area (Å²) in [5.41, 5.74) is -0.541. The second kappa shape index (κ2) is 6.99. The number of ether oxygens (including phenoxy) is 1. The van der Waals surface area contributed by atoms with E-state index in [0.29, 0.717) is 10.5 Å². The molecule has 23 heavy (non-hydrogen) atoms. The van der Waals surface area contributed by atoms with Gasteiger partial charge >= 0.3 is 0 Å². The lowest BCUT2D eigenvalue weighted by atomic mass is 10.2. The normalized spacial score (nSPS) is 11.9. The molecule has 1 N–H and O–H groups in total. The van der Waals surface area contributed by atoms with Gasteiger partial charge in [-0.2, -0.15) is 0 Å². The Balaban J connectivity index is 2.10. The zero-order valence-corrected chi connectivity index (χ0v) is 13.3. The smallest absolute Gasteiger partial charge is 0.265 e. The number of amides is 1. The molecule has 2 aromatic carbocycles. The number of halogens is 5. The zero-order valence-electron chi connectivity index (χ0n) is 11.7. The molecule has 0 aliphatic rings. The molecule has 0 fully saturated rings. The highest BCUT2D eigenvalue weighted by Crippen LogP contribution is 2.23. The van der Waals surface area contributed by atoms with Crippen LogP contribution in [0.3, 0.4) is 0 Å². The zero-order chi connectivity index (χ0) is 17.1. The molecule has 0 heterocycles. The van der Waals surface area contributed by atoms with Crippen LogP contribution in [0.4, 0.5) is 23.2 Å². The van der Waals surface area contributed by atoms with Crippen LogP contribution in [-0.2, 0) is 4.79 Å². The predicted molar refractivity (Wildman–Crippen MR) is 79.1 cm³/mol. The Morgan fingerprint density at radius 3 is 2.43 bits per heavy atom. The molecule has 122 valence electrons. The van der Waals surface area contributed by atoms with Crippen molar-refractivity contribution in [2.75, 3.05) is 5.32 Å². The van der Waals surface area contributed by atoms with Crippen LogP contribution in [0.2, 0.25) is 0 Å². The molecule has 1 unspecified atom stereocenters. The lowest BCUT2D eigenvalue weighted by Gasteiger charge is -2.15. The Bertz CT molecular complexity index is 754. The minimum atomic E-state index is -1.70. The summed E-state index contributed by atoms with van der Waals surface area (Å²) >= 11 is 3.07. The number of nitrogens with one attached hydrogen (secondary N) is 1. The van der Waals surface area contributed by atoms with Gasteiger partial charge in [0.1, 0.15) is 0 Å². The van der Waals surface area contributed by atoms with Crippen molar-refractivity contribution < 1.29 is 27.1 Å². The maximum atomic E-state index is 13.6. The third-order valence-electron chi connectivity index (χ3n) is 2.86. The first-order valence-electron chi connectivity index (χ1n) is 6.35. The van der Waals surface area contributed by atoms with E-state index in [1.54, 1.807) is 0 Å². The Kier molecular flexibility index (Phi) is 5.25. The first-order chi connectivity index (χ1) is 10.8. The van der Waals surface area contributed by atoms with Crippen molar-refractivity contribution in [3.8, 4) is 5.75 Å². The Labute approximate surface area is 137 Å². The molecule has 1 atom stereocenters. The first kappa shape index (κ1) is 17.3. The van der Waals surface area contributed by atoms with Gasteiger partial charge in [0, 0.05) is 4.47 Å². The number of benzene rings is 2. The van der Waals surface area contributed by atoms with Crippen LogP contribution < -0.4 is 10.1 Å². The van der Waals surface area contributed by atoms with Crippen molar-refractivity contribution in [2.24, 2.45) is 0 Å². The van der Waals surface area contributed by atoms with Crippen molar-refractivity contribution in [3.63, 3.8) is 0 Å². The minimum absolute atomic E-state index is 0.179. The van der Waals surface area contributed by atoms with E-state index >= 15 is 0 Å². The highest BCUT2D eigenvalue weighted by atomic mass is 79.9. The lowest BCUT2D eigenvalue weighted by molar-refractivity contribution is -0.122. The molecular weight excluding hydrogens is 382 g/mol. The van der Waals surface area contributed by atoms with E-state index in [1.807, 2.05) is 0 Å². The predicted octanol–water partition coefficient (Wildman–Crippen LogP) is 4.41. The van der Waals surface area contributed by atoms with Crippen molar-refractivity contribution >= 4 is 27.5 Å². The maximum absolute atomic E-state index is 13.6. The molecule has 0 saturated carbocycles. The summed E-state index contributed by atoms with van der Waals surface area (Å²) in [6.07, 6.45) is -1.20. The second-order valence-corrected chi connectivity index (χ2v) is 5.46. The summed E-state index contributed by atoms with van der Waals surface area (Å²) in [6.45, 7) is 1.30. The van der Waals surface area contributed by atoms with Crippen LogP contribution in [0.15, 0.2) is 34.8 Å². The fourth-order valence-corrected chi connectivity index (χ4v) is 2.00. The van der Waals surface area contributed by atoms with Gasteiger partial charge in [-0.05, 0) is 37.3 Å². The van der Waals surface area contributed by atoms with Gasteiger partial charge in [0.15, 0.2) is 35.1 Å². The number of hydrogen-bond donors (Lipinski definition) is 1. The van der Waals surface area contributed by atoms with E-state index in [2.05, 4.69) is 21.2 Å². The SMILES string of the molecule is CC(Oc1ccc(Br)cc1F)C(=O)Nc1ccc(F)c(F)c1F. The maximum Gasteiger partial charge on any atom is 0.265 e. The van der Waals surface area contributed by atoms with E-state index in [9.17, 15) is 22.4 Å². The average molecular weight is 392 g/mol. The van der Waals surface area contributed by atoms with Crippen LogP contribution in [0, 0.1) is 23.3 Å². The summed E-state index contributed by atoms with van der Waals surface area (Å²) in [5.74, 6) is -6.32. The van der Waals surface area contributed by atoms with Gasteiger partial charge < -0.3 is 10.1 Å². The number of carbonyl (C=O) groups is 1. The van der Waals surface area contributed by atoms with Gasteiger partial charge in [-0.25, -0.2) is 17.6 Å². The van der Waals surface area contributed by atoms with Crippen molar-refractivity contribution in [3.05, 3.63) is 58.1 Å². The van der Waals surface area contributed by atoms with Crippen LogP contribution in [0.5, 0.6) is 5.75 Å². The number of carbonyl (C=O) groups excluding carboxylic acids is 1. The van der Waals surface area contributed by atoms with Gasteiger partial charge in [-0.3, -0.25) is 4.79 Å². The third kappa shape index (κ3) is 4.01. The molecule has 0 aromatic heterocycles. The number of anilines is 1. The summed E-state index contributed by atoms with van der Waals surface area (Å²) in [4.78, 5) is 11.9. The van der Waals surface area contributed by atoms with Gasteiger partial charge in [0.2, 0.25) is 0 Å². The molecule has 0 saturated heterocycles. The summed E-state index contributed by atoms with van der Waals surface area (Å²) < 4.78 is 58.6. The molecule has 0 radical (unpaired) electrons. The quantitative estimate of drug-likeness (QED) is 0.619. The topological polar surface area (TPSA) is 38.3 Å². The third-order valence-corrected chi connectivity index (χ3v) is 3.35. The standard InChI is InChI=1S/C15H10BrF4NO2/c1-7(23-12-5-2-8(16)6-10(12)18)15(22)21-11-4-3-9(17)13(19)14(11)20/h2-7H,1H3,(H,21,22). The first-order valence-corrected chi connectivity index (χ1v) is 7.15. The van der Waals surface area contributed by atoms with Crippen LogP contribution in [-0.4, -0.2) is 12.0 Å². The molecule has 0 spiro atoms. The minimum Gasteiger partial charge on any atom is -0.478 e. The highest BCUT2D eigenvalue weighted by molar-refractivity contribution is 9.10. The number of rotatable bonds is 4. The van der Waals surface area contributed by atoms with E-state index in [1.165, 1.54) is 19.1 Å². The molecule has 0 aliphatic heterocycles. The van der Waals surface area contributed by atoms with Crippen molar-refractivity contribution in [1.82, 2.24) is 0 Å². The van der Waals surface area contributed by atoms with Gasteiger partial charge in [-0.15, -0.1) is 0 Å². The van der Waals surface area contributed by atoms with Crippen molar-refractivity contribution in [2.45, 2.75) is 13.0 Å². The van der Waals surface area contributed by atoms with Crippen LogP contribution in [0.25, 0.3) is 0 Å². The molecule has 0 bridgehead atoms. The molecule has 0 aliphatic carbocycles. The fraction of sp³-hybridized carbons (Fsp3) is 0.133. The Hall–Kier alpha value is -2.09. The van der Waals surface area contributed by atoms with Crippen molar-refractivity contribution in [1.29, 1.82) is 0 Å². The second-order valence-electron chi connectivity index (χ2n) is 4.55. The fourth-order valence-electron chi connectivity index (χ4n) is 1.67. The van der Waals surface area contributed by atoms with E-state index < -0.39 is 41.0 Å². The molecule has 1 amide bonds. The summed E-state index contributed by atoms with van der Waals surface area (Å²) in [5, 5.41) is 2.05. The Morgan fingerprint density at radius 2 is 1.78 bits per heavy atom. The van der Waals surface area contributed by atoms with Gasteiger partial charge in [0.25, 0.3) is 5.91 Å². The van der Waals surface area contributed by atoms with E-state index in [0.717, 1.165) is 12.1 Å². The molecule has 8 heteroatoms. The van der Waals surface area contributed by atoms with Gasteiger partial charge in [-0.1, -0.05) is 15.9 Å². The molecule has 3 nitrogen and oxygen atoms in total. The van der Waals surface area contributed by atoms with E-state index in [-0.39, 0.29) is 5.75 Å². The summed E-state index contributed by atoms with van der Waals surface area (Å²) in [7, 11) is 0. The van der Waals surface area contributed by atoms with Crippen LogP contribution >= 0.6 is 15.9 Å². The highest BCUT2D eigenvalue weighted by Gasteiger charge is 2.20. The average Bonchev–Trinajstić information content (AvgIpc) is 2.50.